The van der Waals surface area contributed by atoms with Gasteiger partial charge in [-0.2, -0.15) is 0 Å². The molecule has 4 aromatic rings. The number of hydrogen-bond acceptors (Lipinski definition) is 12. The van der Waals surface area contributed by atoms with Crippen molar-refractivity contribution in [1.29, 1.82) is 0 Å². The molecule has 4 amide bonds. The second kappa shape index (κ2) is 17.4. The van der Waals surface area contributed by atoms with Gasteiger partial charge < -0.3 is 59.9 Å². The van der Waals surface area contributed by atoms with E-state index in [1.807, 2.05) is 6.92 Å². The Kier molecular flexibility index (Phi) is 11.6. The fourth-order valence-electron chi connectivity index (χ4n) is 11.1. The van der Waals surface area contributed by atoms with Crippen molar-refractivity contribution in [2.45, 2.75) is 88.7 Å². The summed E-state index contributed by atoms with van der Waals surface area (Å²) in [4.78, 5) is 85.6. The van der Waals surface area contributed by atoms with Gasteiger partial charge >= 0.3 is 0 Å². The van der Waals surface area contributed by atoms with Crippen LogP contribution in [0.25, 0.3) is 0 Å². The van der Waals surface area contributed by atoms with E-state index in [2.05, 4.69) is 21.3 Å². The minimum Gasteiger partial charge on any atom is -0.503 e. The number of benzene rings is 2. The largest absolute Gasteiger partial charge is 0.503 e. The van der Waals surface area contributed by atoms with Crippen LogP contribution in [-0.4, -0.2) is 105 Å². The molecule has 10 rings (SSSR count). The fourth-order valence-corrected chi connectivity index (χ4v) is 11.1. The Hall–Kier alpha value is -6.69. The number of ether oxygens (including phenoxy) is 2. The Morgan fingerprint density at radius 2 is 1.26 bits per heavy atom. The van der Waals surface area contributed by atoms with E-state index in [-0.39, 0.29) is 47.8 Å². The summed E-state index contributed by atoms with van der Waals surface area (Å²) in [5.74, 6) is -13.1. The third-order valence-corrected chi connectivity index (χ3v) is 14.0. The number of hydrogen-bond donors (Lipinski definition) is 6. The minimum absolute atomic E-state index is 0.00597. The first kappa shape index (κ1) is 46.1. The number of amides is 4. The maximum atomic E-state index is 16.2. The van der Waals surface area contributed by atoms with Crippen LogP contribution in [0.15, 0.2) is 33.9 Å². The second-order valence-electron chi connectivity index (χ2n) is 17.8. The number of aromatic nitrogens is 2. The number of nitrogens with one attached hydrogen (secondary N) is 4. The third kappa shape index (κ3) is 7.10. The van der Waals surface area contributed by atoms with Gasteiger partial charge in [0.05, 0.1) is 48.8 Å². The summed E-state index contributed by atoms with van der Waals surface area (Å²) < 4.78 is 89.6. The average molecular weight is 965 g/mol. The topological polar surface area (TPSA) is 226 Å². The van der Waals surface area contributed by atoms with Crippen LogP contribution in [0.3, 0.4) is 0 Å². The lowest BCUT2D eigenvalue weighted by Gasteiger charge is -2.46. The number of carbonyl (C=O) groups excluding carboxylic acids is 4. The molecule has 18 nitrogen and oxygen atoms in total. The zero-order valence-corrected chi connectivity index (χ0v) is 37.0. The van der Waals surface area contributed by atoms with Crippen molar-refractivity contribution in [3.8, 4) is 11.5 Å². The molecule has 0 spiro atoms. The lowest BCUT2D eigenvalue weighted by atomic mass is 9.93. The van der Waals surface area contributed by atoms with E-state index < -0.39 is 153 Å². The molecule has 0 bridgehead atoms. The number of fused-ring (bicyclic) bond motifs is 4. The number of rotatable bonds is 11. The predicted molar refractivity (Wildman–Crippen MR) is 229 cm³/mol. The van der Waals surface area contributed by atoms with Crippen molar-refractivity contribution in [3.05, 3.63) is 124 Å². The van der Waals surface area contributed by atoms with Gasteiger partial charge in [-0.05, 0) is 37.9 Å². The van der Waals surface area contributed by atoms with E-state index in [0.717, 1.165) is 0 Å². The molecule has 23 heteroatoms. The van der Waals surface area contributed by atoms with Crippen LogP contribution in [0.5, 0.6) is 11.5 Å². The summed E-state index contributed by atoms with van der Waals surface area (Å²) in [6, 6.07) is 0.606. The van der Waals surface area contributed by atoms with Crippen molar-refractivity contribution in [3.63, 3.8) is 0 Å². The highest BCUT2D eigenvalue weighted by atomic mass is 19.2. The molecular formula is C46H45F5N8O10. The summed E-state index contributed by atoms with van der Waals surface area (Å²) in [7, 11) is 0. The molecule has 6 aliphatic rings. The molecule has 2 fully saturated rings. The van der Waals surface area contributed by atoms with Crippen LogP contribution >= 0.6 is 0 Å². The highest BCUT2D eigenvalue weighted by Crippen LogP contribution is 2.48. The smallest absolute Gasteiger partial charge is 0.276 e. The number of aromatic hydroxyl groups is 2. The van der Waals surface area contributed by atoms with Gasteiger partial charge in [0.25, 0.3) is 23.6 Å². The normalized spacial score (nSPS) is 24.2. The molecule has 69 heavy (non-hydrogen) atoms. The number of pyridine rings is 2. The average Bonchev–Trinajstić information content (AvgIpc) is 3.87. The molecule has 0 saturated carbocycles. The van der Waals surface area contributed by atoms with Gasteiger partial charge in [0.15, 0.2) is 47.0 Å². The first-order valence-electron chi connectivity index (χ1n) is 22.6. The summed E-state index contributed by atoms with van der Waals surface area (Å²) in [6.07, 6.45) is -0.761. The van der Waals surface area contributed by atoms with E-state index >= 15 is 8.78 Å². The van der Waals surface area contributed by atoms with Gasteiger partial charge in [0, 0.05) is 55.4 Å². The Labute approximate surface area is 388 Å². The van der Waals surface area contributed by atoms with E-state index in [9.17, 15) is 52.2 Å². The van der Waals surface area contributed by atoms with Crippen molar-refractivity contribution >= 4 is 23.6 Å². The lowest BCUT2D eigenvalue weighted by molar-refractivity contribution is -0.118. The molecule has 2 aromatic heterocycles. The van der Waals surface area contributed by atoms with Crippen LogP contribution < -0.4 is 32.1 Å². The molecule has 7 atom stereocenters. The van der Waals surface area contributed by atoms with Crippen LogP contribution in [0, 0.1) is 29.1 Å². The fraction of sp³-hybridized carbons (Fsp3) is 0.435. The molecule has 0 aliphatic carbocycles. The van der Waals surface area contributed by atoms with Crippen LogP contribution in [0.2, 0.25) is 0 Å². The zero-order chi connectivity index (χ0) is 48.9. The van der Waals surface area contributed by atoms with E-state index in [1.54, 1.807) is 6.92 Å². The maximum absolute atomic E-state index is 16.2. The van der Waals surface area contributed by atoms with E-state index in [1.165, 1.54) is 31.1 Å². The SMILES string of the molecule is CCNC1CC2C3OCCCN3C(=O)c3c(O)c(=O)c(C(=O)NCc4ccc(C5COC6C7CC(NCC)c8c(C(=O)NCc9c(F)cc(F)cc9F)c(=O)c(O)c(n87)C(=O)N6C5)c(F)c4F)c1n32. The first-order valence-corrected chi connectivity index (χ1v) is 22.6. The van der Waals surface area contributed by atoms with Gasteiger partial charge in [0.1, 0.15) is 28.6 Å². The van der Waals surface area contributed by atoms with Crippen LogP contribution in [0.1, 0.15) is 133 Å². The van der Waals surface area contributed by atoms with Gasteiger partial charge in [-0.1, -0.05) is 26.0 Å². The third-order valence-electron chi connectivity index (χ3n) is 14.0. The molecule has 2 aromatic carbocycles. The molecule has 8 heterocycles. The number of nitrogens with zero attached hydrogens (tertiary/aromatic N) is 4. The van der Waals surface area contributed by atoms with Gasteiger partial charge in [-0.15, -0.1) is 0 Å². The summed E-state index contributed by atoms with van der Waals surface area (Å²) in [5.41, 5.74) is -5.18. The van der Waals surface area contributed by atoms with Crippen molar-refractivity contribution in [1.82, 2.24) is 40.2 Å². The van der Waals surface area contributed by atoms with Crippen LogP contribution in [-0.2, 0) is 22.6 Å². The highest BCUT2D eigenvalue weighted by Gasteiger charge is 2.53. The Morgan fingerprint density at radius 3 is 1.83 bits per heavy atom. The Morgan fingerprint density at radius 1 is 0.725 bits per heavy atom. The molecule has 6 N–H and O–H groups in total. The van der Waals surface area contributed by atoms with Crippen LogP contribution in [0.4, 0.5) is 22.0 Å². The minimum atomic E-state index is -1.35. The van der Waals surface area contributed by atoms with E-state index in [4.69, 9.17) is 9.47 Å². The van der Waals surface area contributed by atoms with Crippen molar-refractivity contribution in [2.75, 3.05) is 39.4 Å². The summed E-state index contributed by atoms with van der Waals surface area (Å²) >= 11 is 0. The standard InChI is InChI=1S/C46H45F5N8O10/c1-3-52-25-12-27-45-56(8-5-9-68-45)43(66)35-39(62)37(60)29(33(25)58(27)35)41(64)54-14-18-6-7-21(32(51)31(18)50)19-16-57-44(67)36-40(63)38(61)30(42(65)55-15-22-23(48)10-20(47)11-24(22)49)34-26(53-4-2)13-28(59(34)36)46(57)69-17-19/h6-7,10-11,19,25-28,45-46,52-53,62-63H,3-5,8-9,12-17H2,1-2H3,(H,54,64)(H,55,65). The van der Waals surface area contributed by atoms with Gasteiger partial charge in [-0.3, -0.25) is 28.8 Å². The summed E-state index contributed by atoms with van der Waals surface area (Å²) in [5, 5.41) is 33.6. The zero-order valence-electron chi connectivity index (χ0n) is 37.0. The summed E-state index contributed by atoms with van der Waals surface area (Å²) in [6.45, 7) is 3.15. The Bertz CT molecular complexity index is 3000. The van der Waals surface area contributed by atoms with Crippen molar-refractivity contribution < 1.29 is 60.8 Å². The van der Waals surface area contributed by atoms with Gasteiger partial charge in [0.2, 0.25) is 10.9 Å². The molecular weight excluding hydrogens is 920 g/mol. The van der Waals surface area contributed by atoms with Crippen molar-refractivity contribution in [2.24, 2.45) is 0 Å². The van der Waals surface area contributed by atoms with E-state index in [0.29, 0.717) is 51.2 Å². The molecule has 0 radical (unpaired) electrons. The second-order valence-corrected chi connectivity index (χ2v) is 17.8. The maximum Gasteiger partial charge on any atom is 0.276 e. The highest BCUT2D eigenvalue weighted by molar-refractivity contribution is 6.02. The molecule has 2 saturated heterocycles. The monoisotopic (exact) mass is 964 g/mol. The Balaban J connectivity index is 0.896. The molecule has 6 aliphatic heterocycles. The predicted octanol–water partition coefficient (Wildman–Crippen LogP) is 2.97. The molecule has 364 valence electrons. The molecule has 7 unspecified atom stereocenters. The van der Waals surface area contributed by atoms with Gasteiger partial charge in [-0.25, -0.2) is 22.0 Å². The quantitative estimate of drug-likeness (QED) is 0.119. The number of carbonyl (C=O) groups is 4. The number of halogens is 5. The lowest BCUT2D eigenvalue weighted by Crippen LogP contribution is -2.57. The first-order chi connectivity index (χ1) is 33.1.